The third kappa shape index (κ3) is 1.84. The van der Waals surface area contributed by atoms with Crippen molar-refractivity contribution in [3.05, 3.63) is 0 Å². The topological polar surface area (TPSA) is 52.6 Å². The Hall–Kier alpha value is -0.610. The van der Waals surface area contributed by atoms with Crippen molar-refractivity contribution >= 4 is 5.91 Å². The Morgan fingerprint density at radius 2 is 2.31 bits per heavy atom. The summed E-state index contributed by atoms with van der Waals surface area (Å²) in [6.45, 7) is 2.15. The predicted molar refractivity (Wildman–Crippen MR) is 48.2 cm³/mol. The zero-order valence-corrected chi connectivity index (χ0v) is 7.70. The van der Waals surface area contributed by atoms with Crippen molar-refractivity contribution in [3.8, 4) is 0 Å². The monoisotopic (exact) mass is 184 g/mol. The third-order valence-electron chi connectivity index (χ3n) is 2.94. The highest BCUT2D eigenvalue weighted by Gasteiger charge is 2.31. The first-order valence-electron chi connectivity index (χ1n) is 4.95. The first-order valence-corrected chi connectivity index (χ1v) is 4.95. The van der Waals surface area contributed by atoms with Crippen molar-refractivity contribution in [1.82, 2.24) is 10.2 Å². The molecule has 4 heteroatoms. The summed E-state index contributed by atoms with van der Waals surface area (Å²) >= 11 is 0. The molecule has 0 spiro atoms. The van der Waals surface area contributed by atoms with Crippen LogP contribution in [0.3, 0.4) is 0 Å². The lowest BCUT2D eigenvalue weighted by Crippen LogP contribution is -2.51. The number of hydrogen-bond acceptors (Lipinski definition) is 3. The van der Waals surface area contributed by atoms with Crippen molar-refractivity contribution in [2.24, 2.45) is 0 Å². The fraction of sp³-hybridized carbons (Fsp3) is 0.889. The summed E-state index contributed by atoms with van der Waals surface area (Å²) in [7, 11) is 0. The van der Waals surface area contributed by atoms with E-state index < -0.39 is 0 Å². The number of piperazine rings is 1. The Morgan fingerprint density at radius 1 is 1.46 bits per heavy atom. The summed E-state index contributed by atoms with van der Waals surface area (Å²) in [6.07, 6.45) is 2.40. The molecule has 1 aliphatic heterocycles. The molecule has 2 fully saturated rings. The van der Waals surface area contributed by atoms with Gasteiger partial charge in [0, 0.05) is 19.1 Å². The number of rotatable bonds is 1. The van der Waals surface area contributed by atoms with E-state index >= 15 is 0 Å². The van der Waals surface area contributed by atoms with Gasteiger partial charge >= 0.3 is 0 Å². The number of nitrogens with one attached hydrogen (secondary N) is 1. The lowest BCUT2D eigenvalue weighted by Gasteiger charge is -2.32. The maximum Gasteiger partial charge on any atom is 0.236 e. The second-order valence-corrected chi connectivity index (χ2v) is 3.88. The minimum Gasteiger partial charge on any atom is -0.393 e. The van der Waals surface area contributed by atoms with E-state index in [2.05, 4.69) is 5.32 Å². The number of hydrogen-bond donors (Lipinski definition) is 2. The molecule has 0 aromatic heterocycles. The molecule has 0 bridgehead atoms. The van der Waals surface area contributed by atoms with Crippen molar-refractivity contribution in [3.63, 3.8) is 0 Å². The van der Waals surface area contributed by atoms with E-state index in [0.29, 0.717) is 12.6 Å². The normalized spacial score (nSPS) is 35.5. The number of carbonyl (C=O) groups is 1. The molecule has 2 aliphatic rings. The molecule has 2 rings (SSSR count). The number of amides is 1. The number of aliphatic hydroxyl groups is 1. The molecule has 1 aliphatic carbocycles. The van der Waals surface area contributed by atoms with Crippen LogP contribution in [0.15, 0.2) is 0 Å². The fourth-order valence-corrected chi connectivity index (χ4v) is 2.22. The van der Waals surface area contributed by atoms with E-state index in [1.807, 2.05) is 4.90 Å². The first-order chi connectivity index (χ1) is 6.27. The summed E-state index contributed by atoms with van der Waals surface area (Å²) in [5.41, 5.74) is 0. The quantitative estimate of drug-likeness (QED) is 0.568. The highest BCUT2D eigenvalue weighted by atomic mass is 16.3. The van der Waals surface area contributed by atoms with Gasteiger partial charge in [0.15, 0.2) is 0 Å². The number of nitrogens with zero attached hydrogens (tertiary/aromatic N) is 1. The third-order valence-corrected chi connectivity index (χ3v) is 2.94. The Balaban J connectivity index is 1.95. The predicted octanol–water partition coefficient (Wildman–Crippen LogP) is -0.668. The molecule has 13 heavy (non-hydrogen) atoms. The van der Waals surface area contributed by atoms with Gasteiger partial charge in [0.25, 0.3) is 0 Å². The van der Waals surface area contributed by atoms with E-state index in [1.54, 1.807) is 0 Å². The van der Waals surface area contributed by atoms with Crippen LogP contribution in [-0.2, 0) is 4.79 Å². The second kappa shape index (κ2) is 3.64. The summed E-state index contributed by atoms with van der Waals surface area (Å²) in [5.74, 6) is 0.186. The maximum atomic E-state index is 11.5. The number of aliphatic hydroxyl groups excluding tert-OH is 1. The van der Waals surface area contributed by atoms with Gasteiger partial charge in [0.2, 0.25) is 5.91 Å². The average Bonchev–Trinajstić information content (AvgIpc) is 2.53. The lowest BCUT2D eigenvalue weighted by molar-refractivity contribution is -0.134. The van der Waals surface area contributed by atoms with E-state index in [4.69, 9.17) is 0 Å². The van der Waals surface area contributed by atoms with Crippen LogP contribution in [0, 0.1) is 0 Å². The van der Waals surface area contributed by atoms with Gasteiger partial charge in [-0.25, -0.2) is 0 Å². The molecule has 0 radical (unpaired) electrons. The van der Waals surface area contributed by atoms with Crippen LogP contribution in [-0.4, -0.2) is 47.7 Å². The zero-order valence-electron chi connectivity index (χ0n) is 7.70. The molecule has 74 valence electrons. The van der Waals surface area contributed by atoms with Gasteiger partial charge in [-0.05, 0) is 19.3 Å². The van der Waals surface area contributed by atoms with Crippen LogP contribution >= 0.6 is 0 Å². The SMILES string of the molecule is O=C1CNCCN1[C@@H]1CC[C@H](O)C1. The molecule has 1 amide bonds. The van der Waals surface area contributed by atoms with Crippen LogP contribution in [0.5, 0.6) is 0 Å². The maximum absolute atomic E-state index is 11.5. The van der Waals surface area contributed by atoms with E-state index in [0.717, 1.165) is 32.4 Å². The molecule has 0 unspecified atom stereocenters. The molecule has 0 aromatic rings. The first kappa shape index (κ1) is 8.97. The molecule has 2 atom stereocenters. The summed E-state index contributed by atoms with van der Waals surface area (Å²) in [4.78, 5) is 13.4. The van der Waals surface area contributed by atoms with Gasteiger partial charge in [-0.1, -0.05) is 0 Å². The van der Waals surface area contributed by atoms with Crippen molar-refractivity contribution in [1.29, 1.82) is 0 Å². The highest BCUT2D eigenvalue weighted by Crippen LogP contribution is 2.24. The Morgan fingerprint density at radius 3 is 2.92 bits per heavy atom. The smallest absolute Gasteiger partial charge is 0.236 e. The molecule has 1 saturated heterocycles. The van der Waals surface area contributed by atoms with Gasteiger partial charge in [0.05, 0.1) is 12.6 Å². The molecule has 1 heterocycles. The Kier molecular flexibility index (Phi) is 2.51. The summed E-state index contributed by atoms with van der Waals surface area (Å²) in [6, 6.07) is 0.296. The van der Waals surface area contributed by atoms with Gasteiger partial charge in [-0.15, -0.1) is 0 Å². The molecule has 0 aromatic carbocycles. The standard InChI is InChI=1S/C9H16N2O2/c12-8-2-1-7(5-8)11-4-3-10-6-9(11)13/h7-8,10,12H,1-6H2/t7-,8+/m1/s1. The van der Waals surface area contributed by atoms with E-state index in [-0.39, 0.29) is 12.0 Å². The van der Waals surface area contributed by atoms with Gasteiger partial charge in [0.1, 0.15) is 0 Å². The van der Waals surface area contributed by atoms with Gasteiger partial charge in [-0.2, -0.15) is 0 Å². The van der Waals surface area contributed by atoms with Crippen LogP contribution in [0.1, 0.15) is 19.3 Å². The molecule has 2 N–H and O–H groups in total. The Labute approximate surface area is 77.9 Å². The van der Waals surface area contributed by atoms with Gasteiger partial charge in [-0.3, -0.25) is 4.79 Å². The zero-order chi connectivity index (χ0) is 9.26. The molecular formula is C9H16N2O2. The number of carbonyl (C=O) groups excluding carboxylic acids is 1. The van der Waals surface area contributed by atoms with Crippen LogP contribution in [0.25, 0.3) is 0 Å². The minimum absolute atomic E-state index is 0.186. The minimum atomic E-state index is -0.187. The average molecular weight is 184 g/mol. The van der Waals surface area contributed by atoms with Crippen LogP contribution < -0.4 is 5.32 Å². The molecule has 4 nitrogen and oxygen atoms in total. The van der Waals surface area contributed by atoms with E-state index in [1.165, 1.54) is 0 Å². The van der Waals surface area contributed by atoms with Crippen molar-refractivity contribution in [2.45, 2.75) is 31.4 Å². The Bertz CT molecular complexity index is 208. The highest BCUT2D eigenvalue weighted by molar-refractivity contribution is 5.79. The lowest BCUT2D eigenvalue weighted by atomic mass is 10.2. The van der Waals surface area contributed by atoms with Gasteiger partial charge < -0.3 is 15.3 Å². The fourth-order valence-electron chi connectivity index (χ4n) is 2.22. The van der Waals surface area contributed by atoms with Crippen molar-refractivity contribution in [2.75, 3.05) is 19.6 Å². The van der Waals surface area contributed by atoms with Crippen molar-refractivity contribution < 1.29 is 9.90 Å². The van der Waals surface area contributed by atoms with Crippen LogP contribution in [0.2, 0.25) is 0 Å². The molecule has 1 saturated carbocycles. The summed E-state index contributed by atoms with van der Waals surface area (Å²) < 4.78 is 0. The van der Waals surface area contributed by atoms with E-state index in [9.17, 15) is 9.90 Å². The summed E-state index contributed by atoms with van der Waals surface area (Å²) in [5, 5.41) is 12.4. The second-order valence-electron chi connectivity index (χ2n) is 3.88. The van der Waals surface area contributed by atoms with Crippen LogP contribution in [0.4, 0.5) is 0 Å². The molecular weight excluding hydrogens is 168 g/mol. The largest absolute Gasteiger partial charge is 0.393 e.